The molecule has 2 rings (SSSR count). The van der Waals surface area contributed by atoms with E-state index in [1.165, 1.54) is 5.56 Å². The summed E-state index contributed by atoms with van der Waals surface area (Å²) in [7, 11) is 0. The molecule has 0 aliphatic carbocycles. The van der Waals surface area contributed by atoms with Crippen molar-refractivity contribution in [3.05, 3.63) is 67.1 Å². The minimum Gasteiger partial charge on any atom is -0.516 e. The molecule has 16 heavy (non-hydrogen) atoms. The van der Waals surface area contributed by atoms with Gasteiger partial charge in [0.25, 0.3) is 0 Å². The maximum absolute atomic E-state index is 8.70. The van der Waals surface area contributed by atoms with Crippen molar-refractivity contribution >= 4 is 0 Å². The van der Waals surface area contributed by atoms with E-state index in [4.69, 9.17) is 5.11 Å². The van der Waals surface area contributed by atoms with Crippen LogP contribution in [0.2, 0.25) is 0 Å². The zero-order valence-electron chi connectivity index (χ0n) is 8.95. The number of aliphatic hydroxyl groups excluding tert-OH is 1. The summed E-state index contributed by atoms with van der Waals surface area (Å²) in [5.74, 6) is 0. The molecule has 0 aliphatic heterocycles. The van der Waals surface area contributed by atoms with Crippen molar-refractivity contribution in [2.24, 2.45) is 0 Å². The Labute approximate surface area is 95.1 Å². The van der Waals surface area contributed by atoms with E-state index in [0.717, 1.165) is 12.0 Å². The largest absolute Gasteiger partial charge is 0.516 e. The summed E-state index contributed by atoms with van der Waals surface area (Å²) in [6.45, 7) is 0.668. The van der Waals surface area contributed by atoms with Crippen molar-refractivity contribution in [2.45, 2.75) is 6.54 Å². The molecule has 0 radical (unpaired) electrons. The molecular weight excluding hydrogens is 198 g/mol. The molecule has 2 heteroatoms. The Morgan fingerprint density at radius 1 is 1.00 bits per heavy atom. The van der Waals surface area contributed by atoms with Crippen LogP contribution in [0, 0.1) is 0 Å². The average Bonchev–Trinajstić information content (AvgIpc) is 2.38. The van der Waals surface area contributed by atoms with Gasteiger partial charge in [0, 0.05) is 23.8 Å². The smallest absolute Gasteiger partial charge is 0.212 e. The molecule has 1 aromatic heterocycles. The first-order valence-corrected chi connectivity index (χ1v) is 5.25. The fraction of sp³-hybridized carbons (Fsp3) is 0.0714. The summed E-state index contributed by atoms with van der Waals surface area (Å²) >= 11 is 0. The maximum Gasteiger partial charge on any atom is 0.212 e. The van der Waals surface area contributed by atoms with Crippen molar-refractivity contribution in [2.75, 3.05) is 0 Å². The molecule has 1 heterocycles. The Hall–Kier alpha value is -2.09. The van der Waals surface area contributed by atoms with Crippen LogP contribution in [0.4, 0.5) is 0 Å². The molecule has 0 fully saturated rings. The molecule has 0 saturated heterocycles. The summed E-state index contributed by atoms with van der Waals surface area (Å²) < 4.78 is 2.09. The molecule has 80 valence electrons. The zero-order valence-corrected chi connectivity index (χ0v) is 8.95. The third-order valence-corrected chi connectivity index (χ3v) is 2.42. The average molecular weight is 212 g/mol. The predicted octanol–water partition coefficient (Wildman–Crippen LogP) is 2.71. The van der Waals surface area contributed by atoms with Crippen LogP contribution in [-0.2, 0) is 6.54 Å². The van der Waals surface area contributed by atoms with E-state index < -0.39 is 0 Å². The van der Waals surface area contributed by atoms with Crippen LogP contribution >= 0.6 is 0 Å². The number of aliphatic hydroxyl groups is 1. The lowest BCUT2D eigenvalue weighted by atomic mass is 10.1. The third-order valence-electron chi connectivity index (χ3n) is 2.42. The molecule has 0 amide bonds. The second kappa shape index (κ2) is 5.12. The molecule has 0 unspecified atom stereocenters. The highest BCUT2D eigenvalue weighted by Gasteiger charge is 2.09. The Morgan fingerprint density at radius 3 is 2.50 bits per heavy atom. The normalized spacial score (nSPS) is 10.8. The Bertz CT molecular complexity index is 477. The van der Waals surface area contributed by atoms with Crippen LogP contribution in [0.3, 0.4) is 0 Å². The standard InChI is InChI=1S/C14H13NO/c16-12-6-11-15-10-5-4-9-14(15)13-7-2-1-3-8-13/h1-10,12H,11H2/p+1. The van der Waals surface area contributed by atoms with E-state index in [-0.39, 0.29) is 0 Å². The van der Waals surface area contributed by atoms with Crippen LogP contribution in [0.25, 0.3) is 11.3 Å². The van der Waals surface area contributed by atoms with Crippen LogP contribution in [0.15, 0.2) is 67.1 Å². The SMILES string of the molecule is OC=CC[n+]1ccccc1-c1ccccc1. The number of nitrogens with zero attached hydrogens (tertiary/aromatic N) is 1. The van der Waals surface area contributed by atoms with Gasteiger partial charge < -0.3 is 5.11 Å². The van der Waals surface area contributed by atoms with Crippen molar-refractivity contribution in [3.63, 3.8) is 0 Å². The molecule has 1 N–H and O–H groups in total. The van der Waals surface area contributed by atoms with Crippen LogP contribution in [0.1, 0.15) is 0 Å². The van der Waals surface area contributed by atoms with E-state index in [2.05, 4.69) is 22.8 Å². The third kappa shape index (κ3) is 2.28. The number of pyridine rings is 1. The van der Waals surface area contributed by atoms with E-state index in [9.17, 15) is 0 Å². The molecule has 2 aromatic rings. The molecule has 0 aliphatic rings. The molecule has 2 nitrogen and oxygen atoms in total. The Morgan fingerprint density at radius 2 is 1.75 bits per heavy atom. The lowest BCUT2D eigenvalue weighted by Crippen LogP contribution is -2.34. The first-order chi connectivity index (χ1) is 7.92. The van der Waals surface area contributed by atoms with Crippen molar-refractivity contribution in [3.8, 4) is 11.3 Å². The predicted molar refractivity (Wildman–Crippen MR) is 63.8 cm³/mol. The molecule has 0 spiro atoms. The van der Waals surface area contributed by atoms with Crippen LogP contribution < -0.4 is 4.57 Å². The number of rotatable bonds is 3. The summed E-state index contributed by atoms with van der Waals surface area (Å²) in [5, 5.41) is 8.70. The van der Waals surface area contributed by atoms with Gasteiger partial charge in [0.05, 0.1) is 6.26 Å². The minimum absolute atomic E-state index is 0.668. The van der Waals surface area contributed by atoms with Crippen LogP contribution in [-0.4, -0.2) is 5.11 Å². The van der Waals surface area contributed by atoms with Gasteiger partial charge in [-0.15, -0.1) is 0 Å². The number of aromatic nitrogens is 1. The van der Waals surface area contributed by atoms with Gasteiger partial charge in [0.2, 0.25) is 5.69 Å². The second-order valence-electron chi connectivity index (χ2n) is 3.49. The van der Waals surface area contributed by atoms with Crippen molar-refractivity contribution in [1.82, 2.24) is 0 Å². The lowest BCUT2D eigenvalue weighted by molar-refractivity contribution is -0.676. The van der Waals surface area contributed by atoms with E-state index in [1.807, 2.05) is 36.5 Å². The highest BCUT2D eigenvalue weighted by Crippen LogP contribution is 2.13. The zero-order chi connectivity index (χ0) is 11.2. The molecular formula is C14H14NO+. The molecule has 0 atom stereocenters. The summed E-state index contributed by atoms with van der Waals surface area (Å²) in [4.78, 5) is 0. The quantitative estimate of drug-likeness (QED) is 0.614. The van der Waals surface area contributed by atoms with E-state index >= 15 is 0 Å². The van der Waals surface area contributed by atoms with Gasteiger partial charge in [-0.25, -0.2) is 0 Å². The van der Waals surface area contributed by atoms with Gasteiger partial charge in [0.1, 0.15) is 0 Å². The fourth-order valence-corrected chi connectivity index (χ4v) is 1.67. The fourth-order valence-electron chi connectivity index (χ4n) is 1.67. The number of allylic oxidation sites excluding steroid dienone is 1. The monoisotopic (exact) mass is 212 g/mol. The molecule has 0 bridgehead atoms. The topological polar surface area (TPSA) is 24.1 Å². The number of hydrogen-bond donors (Lipinski definition) is 1. The summed E-state index contributed by atoms with van der Waals surface area (Å²) in [6.07, 6.45) is 4.80. The van der Waals surface area contributed by atoms with E-state index in [1.54, 1.807) is 6.08 Å². The highest BCUT2D eigenvalue weighted by atomic mass is 16.2. The minimum atomic E-state index is 0.668. The molecule has 0 saturated carbocycles. The molecule has 1 aromatic carbocycles. The van der Waals surface area contributed by atoms with Crippen LogP contribution in [0.5, 0.6) is 0 Å². The Balaban J connectivity index is 2.40. The number of hydrogen-bond acceptors (Lipinski definition) is 1. The van der Waals surface area contributed by atoms with Crippen molar-refractivity contribution < 1.29 is 9.67 Å². The first-order valence-electron chi connectivity index (χ1n) is 5.25. The summed E-state index contributed by atoms with van der Waals surface area (Å²) in [5.41, 5.74) is 2.32. The lowest BCUT2D eigenvalue weighted by Gasteiger charge is -2.01. The van der Waals surface area contributed by atoms with Crippen molar-refractivity contribution in [1.29, 1.82) is 0 Å². The second-order valence-corrected chi connectivity index (χ2v) is 3.49. The van der Waals surface area contributed by atoms with Gasteiger partial charge in [0.15, 0.2) is 12.7 Å². The van der Waals surface area contributed by atoms with Gasteiger partial charge >= 0.3 is 0 Å². The maximum atomic E-state index is 8.70. The first kappa shape index (κ1) is 10.4. The highest BCUT2D eigenvalue weighted by molar-refractivity contribution is 5.55. The van der Waals surface area contributed by atoms with Gasteiger partial charge in [-0.1, -0.05) is 18.2 Å². The number of benzene rings is 1. The van der Waals surface area contributed by atoms with Gasteiger partial charge in [-0.3, -0.25) is 0 Å². The summed E-state index contributed by atoms with van der Waals surface area (Å²) in [6, 6.07) is 16.3. The van der Waals surface area contributed by atoms with Gasteiger partial charge in [-0.05, 0) is 18.2 Å². The Kier molecular flexibility index (Phi) is 3.34. The van der Waals surface area contributed by atoms with E-state index in [0.29, 0.717) is 6.54 Å². The van der Waals surface area contributed by atoms with Gasteiger partial charge in [-0.2, -0.15) is 4.57 Å².